The van der Waals surface area contributed by atoms with Crippen molar-refractivity contribution in [2.45, 2.75) is 17.9 Å². The van der Waals surface area contributed by atoms with Gasteiger partial charge in [-0.3, -0.25) is 0 Å². The van der Waals surface area contributed by atoms with Gasteiger partial charge in [0.15, 0.2) is 11.6 Å². The van der Waals surface area contributed by atoms with Crippen LogP contribution in [0.3, 0.4) is 0 Å². The average molecular weight is 385 g/mol. The fourth-order valence-corrected chi connectivity index (χ4v) is 4.12. The molecule has 3 aromatic carbocycles. The van der Waals surface area contributed by atoms with Crippen molar-refractivity contribution in [3.8, 4) is 5.75 Å². The maximum absolute atomic E-state index is 14.0. The van der Waals surface area contributed by atoms with Crippen molar-refractivity contribution in [2.75, 3.05) is 7.11 Å². The number of hydrogen-bond acceptors (Lipinski definition) is 3. The van der Waals surface area contributed by atoms with Gasteiger partial charge in [0.25, 0.3) is 0 Å². The van der Waals surface area contributed by atoms with Crippen molar-refractivity contribution in [3.05, 3.63) is 95.3 Å². The molecule has 0 saturated carbocycles. The molecule has 0 radical (unpaired) electrons. The van der Waals surface area contributed by atoms with E-state index in [1.54, 1.807) is 0 Å². The van der Waals surface area contributed by atoms with Gasteiger partial charge < -0.3 is 4.74 Å². The maximum atomic E-state index is 14.0. The molecule has 27 heavy (non-hydrogen) atoms. The largest absolute Gasteiger partial charge is 0.494 e. The number of hydrogen-bond donors (Lipinski definition) is 1. The normalized spacial score (nSPS) is 12.6. The number of ether oxygens (including phenoxy) is 1. The highest BCUT2D eigenvalue weighted by Gasteiger charge is 2.24. The highest BCUT2D eigenvalue weighted by molar-refractivity contribution is 7.89. The van der Waals surface area contributed by atoms with Crippen LogP contribution in [-0.4, -0.2) is 15.5 Å². The van der Waals surface area contributed by atoms with Gasteiger partial charge in [0.1, 0.15) is 0 Å². The molecule has 140 valence electrons. The number of sulfonamides is 1. The maximum Gasteiger partial charge on any atom is 0.241 e. The van der Waals surface area contributed by atoms with E-state index < -0.39 is 21.9 Å². The van der Waals surface area contributed by atoms with Gasteiger partial charge in [-0.05, 0) is 41.8 Å². The summed E-state index contributed by atoms with van der Waals surface area (Å²) >= 11 is 0. The lowest BCUT2D eigenvalue weighted by Gasteiger charge is -2.21. The van der Waals surface area contributed by atoms with Crippen molar-refractivity contribution in [3.63, 3.8) is 0 Å². The van der Waals surface area contributed by atoms with Crippen LogP contribution in [0.15, 0.2) is 77.7 Å². The van der Waals surface area contributed by atoms with Crippen LogP contribution >= 0.6 is 0 Å². The first-order valence-corrected chi connectivity index (χ1v) is 9.87. The van der Waals surface area contributed by atoms with E-state index in [0.29, 0.717) is 0 Å². The first kappa shape index (κ1) is 19.1. The van der Waals surface area contributed by atoms with Gasteiger partial charge in [0.05, 0.1) is 18.0 Å². The lowest BCUT2D eigenvalue weighted by molar-refractivity contribution is 0.385. The van der Waals surface area contributed by atoms with Crippen molar-refractivity contribution < 1.29 is 17.5 Å². The zero-order valence-electron chi connectivity index (χ0n) is 15.0. The molecule has 0 aliphatic heterocycles. The monoisotopic (exact) mass is 385 g/mol. The van der Waals surface area contributed by atoms with Crippen molar-refractivity contribution >= 4 is 10.0 Å². The number of halogens is 1. The van der Waals surface area contributed by atoms with Crippen molar-refractivity contribution in [1.29, 1.82) is 0 Å². The quantitative estimate of drug-likeness (QED) is 0.692. The molecular weight excluding hydrogens is 365 g/mol. The second kappa shape index (κ2) is 7.90. The van der Waals surface area contributed by atoms with Crippen LogP contribution in [0.2, 0.25) is 0 Å². The second-order valence-electron chi connectivity index (χ2n) is 6.12. The number of nitrogens with one attached hydrogen (secondary N) is 1. The third kappa shape index (κ3) is 4.18. The second-order valence-corrected chi connectivity index (χ2v) is 7.83. The summed E-state index contributed by atoms with van der Waals surface area (Å²) in [4.78, 5) is -0.157. The fourth-order valence-electron chi connectivity index (χ4n) is 2.90. The van der Waals surface area contributed by atoms with E-state index >= 15 is 0 Å². The number of benzene rings is 3. The molecule has 1 atom stereocenters. The molecule has 4 nitrogen and oxygen atoms in total. The minimum atomic E-state index is -3.97. The van der Waals surface area contributed by atoms with Crippen molar-refractivity contribution in [1.82, 2.24) is 4.72 Å². The molecule has 0 saturated heterocycles. The Kier molecular flexibility index (Phi) is 5.58. The molecule has 0 heterocycles. The summed E-state index contributed by atoms with van der Waals surface area (Å²) in [6, 6.07) is 19.8. The lowest BCUT2D eigenvalue weighted by atomic mass is 9.96. The Morgan fingerprint density at radius 3 is 2.26 bits per heavy atom. The van der Waals surface area contributed by atoms with Gasteiger partial charge in [-0.15, -0.1) is 0 Å². The first-order valence-electron chi connectivity index (χ1n) is 8.39. The topological polar surface area (TPSA) is 55.4 Å². The smallest absolute Gasteiger partial charge is 0.241 e. The number of aryl methyl sites for hydroxylation is 1. The third-order valence-electron chi connectivity index (χ3n) is 4.34. The number of methoxy groups -OCH3 is 1. The SMILES string of the molecule is COc1ccc(S(=O)(=O)N[C@H](c2ccccc2)c2ccccc2C)cc1F. The first-order chi connectivity index (χ1) is 12.9. The summed E-state index contributed by atoms with van der Waals surface area (Å²) in [5, 5.41) is 0. The Hall–Kier alpha value is -2.70. The van der Waals surface area contributed by atoms with Gasteiger partial charge >= 0.3 is 0 Å². The van der Waals surface area contributed by atoms with Crippen LogP contribution in [0.4, 0.5) is 4.39 Å². The van der Waals surface area contributed by atoms with Gasteiger partial charge in [0, 0.05) is 0 Å². The molecule has 0 aromatic heterocycles. The summed E-state index contributed by atoms with van der Waals surface area (Å²) in [6.07, 6.45) is 0. The zero-order chi connectivity index (χ0) is 19.4. The highest BCUT2D eigenvalue weighted by Crippen LogP contribution is 2.28. The average Bonchev–Trinajstić information content (AvgIpc) is 2.67. The molecular formula is C21H20FNO3S. The Bertz CT molecular complexity index is 1040. The van der Waals surface area contributed by atoms with E-state index in [0.717, 1.165) is 22.8 Å². The zero-order valence-corrected chi connectivity index (χ0v) is 15.8. The Labute approximate surface area is 158 Å². The van der Waals surface area contributed by atoms with E-state index in [1.165, 1.54) is 19.2 Å². The highest BCUT2D eigenvalue weighted by atomic mass is 32.2. The Balaban J connectivity index is 2.04. The predicted molar refractivity (Wildman–Crippen MR) is 103 cm³/mol. The molecule has 0 unspecified atom stereocenters. The molecule has 0 spiro atoms. The minimum absolute atomic E-state index is 0.00698. The summed E-state index contributed by atoms with van der Waals surface area (Å²) in [5.74, 6) is -0.736. The van der Waals surface area contributed by atoms with Crippen LogP contribution in [0.1, 0.15) is 22.7 Å². The van der Waals surface area contributed by atoms with Crippen LogP contribution in [0.5, 0.6) is 5.75 Å². The summed E-state index contributed by atoms with van der Waals surface area (Å²) in [5.41, 5.74) is 2.58. The molecule has 3 aromatic rings. The van der Waals surface area contributed by atoms with Crippen LogP contribution in [0.25, 0.3) is 0 Å². The van der Waals surface area contributed by atoms with Crippen LogP contribution in [-0.2, 0) is 10.0 Å². The molecule has 0 bridgehead atoms. The molecule has 0 aliphatic carbocycles. The molecule has 0 aliphatic rings. The van der Waals surface area contributed by atoms with Gasteiger partial charge in [-0.25, -0.2) is 12.8 Å². The standard InChI is InChI=1S/C21H20FNO3S/c1-15-8-6-7-11-18(15)21(16-9-4-3-5-10-16)23-27(24,25)17-12-13-20(26-2)19(22)14-17/h3-14,21,23H,1-2H3/t21-/m1/s1. The molecule has 1 N–H and O–H groups in total. The fraction of sp³-hybridized carbons (Fsp3) is 0.143. The molecule has 0 amide bonds. The molecule has 6 heteroatoms. The van der Waals surface area contributed by atoms with E-state index in [2.05, 4.69) is 4.72 Å². The van der Waals surface area contributed by atoms with Crippen LogP contribution in [0, 0.1) is 12.7 Å². The molecule has 0 fully saturated rings. The predicted octanol–water partition coefficient (Wildman–Crippen LogP) is 4.21. The van der Waals surface area contributed by atoms with E-state index in [9.17, 15) is 12.8 Å². The number of rotatable bonds is 6. The van der Waals surface area contributed by atoms with E-state index in [1.807, 2.05) is 61.5 Å². The van der Waals surface area contributed by atoms with E-state index in [4.69, 9.17) is 4.74 Å². The Morgan fingerprint density at radius 2 is 1.63 bits per heavy atom. The van der Waals surface area contributed by atoms with Gasteiger partial charge in [0.2, 0.25) is 10.0 Å². The lowest BCUT2D eigenvalue weighted by Crippen LogP contribution is -2.30. The van der Waals surface area contributed by atoms with Gasteiger partial charge in [-0.2, -0.15) is 4.72 Å². The molecule has 3 rings (SSSR count). The van der Waals surface area contributed by atoms with E-state index in [-0.39, 0.29) is 10.6 Å². The van der Waals surface area contributed by atoms with Crippen LogP contribution < -0.4 is 9.46 Å². The summed E-state index contributed by atoms with van der Waals surface area (Å²) in [7, 11) is -2.64. The third-order valence-corrected chi connectivity index (χ3v) is 5.76. The minimum Gasteiger partial charge on any atom is -0.494 e. The van der Waals surface area contributed by atoms with Gasteiger partial charge in [-0.1, -0.05) is 54.6 Å². The summed E-state index contributed by atoms with van der Waals surface area (Å²) < 4.78 is 47.4. The van der Waals surface area contributed by atoms with Crippen molar-refractivity contribution in [2.24, 2.45) is 0 Å². The Morgan fingerprint density at radius 1 is 0.963 bits per heavy atom. The summed E-state index contributed by atoms with van der Waals surface area (Å²) in [6.45, 7) is 1.92.